The van der Waals surface area contributed by atoms with Gasteiger partial charge in [-0.25, -0.2) is 13.8 Å². The van der Waals surface area contributed by atoms with E-state index < -0.39 is 35.5 Å². The van der Waals surface area contributed by atoms with Crippen molar-refractivity contribution in [2.45, 2.75) is 38.8 Å². The first-order chi connectivity index (χ1) is 18.2. The lowest BCUT2D eigenvalue weighted by molar-refractivity contribution is -0.129. The number of anilines is 1. The molecule has 5 rings (SSSR count). The SMILES string of the molecule is C[C@@H](Cc1ccc(F)c(F)c1)C(=O)NC1N=C(c2cccc3c2CCCC3=O)c2ccccc2N(C)C1=O. The van der Waals surface area contributed by atoms with Gasteiger partial charge >= 0.3 is 0 Å². The van der Waals surface area contributed by atoms with Crippen molar-refractivity contribution in [3.8, 4) is 0 Å². The Morgan fingerprint density at radius 3 is 2.53 bits per heavy atom. The van der Waals surface area contributed by atoms with Crippen LogP contribution in [-0.4, -0.2) is 36.5 Å². The smallest absolute Gasteiger partial charge is 0.272 e. The van der Waals surface area contributed by atoms with Crippen molar-refractivity contribution in [3.05, 3.63) is 100 Å². The summed E-state index contributed by atoms with van der Waals surface area (Å²) >= 11 is 0. The molecule has 2 amide bonds. The fourth-order valence-electron chi connectivity index (χ4n) is 5.12. The van der Waals surface area contributed by atoms with Crippen LogP contribution in [0.25, 0.3) is 0 Å². The monoisotopic (exact) mass is 515 g/mol. The van der Waals surface area contributed by atoms with E-state index in [4.69, 9.17) is 4.99 Å². The minimum Gasteiger partial charge on any atom is -0.326 e. The van der Waals surface area contributed by atoms with E-state index in [1.54, 1.807) is 14.0 Å². The van der Waals surface area contributed by atoms with Gasteiger partial charge in [0.25, 0.3) is 5.91 Å². The van der Waals surface area contributed by atoms with Gasteiger partial charge in [0.1, 0.15) is 0 Å². The maximum absolute atomic E-state index is 13.7. The number of aliphatic imine (C=N–C) groups is 1. The number of carbonyl (C=O) groups is 3. The van der Waals surface area contributed by atoms with Crippen LogP contribution in [0.5, 0.6) is 0 Å². The molecule has 3 aromatic rings. The Labute approximate surface area is 219 Å². The molecular formula is C30H27F2N3O3. The molecule has 0 saturated heterocycles. The second kappa shape index (κ2) is 10.3. The molecule has 0 bridgehead atoms. The minimum atomic E-state index is -1.21. The number of likely N-dealkylation sites (N-methyl/N-ethyl adjacent to an activating group) is 1. The number of carbonyl (C=O) groups excluding carboxylic acids is 3. The molecule has 3 aromatic carbocycles. The van der Waals surface area contributed by atoms with Crippen molar-refractivity contribution in [2.24, 2.45) is 10.9 Å². The van der Waals surface area contributed by atoms with Gasteiger partial charge in [-0.3, -0.25) is 14.4 Å². The minimum absolute atomic E-state index is 0.0831. The Balaban J connectivity index is 1.51. The number of hydrogen-bond acceptors (Lipinski definition) is 4. The number of halogens is 2. The predicted molar refractivity (Wildman–Crippen MR) is 140 cm³/mol. The van der Waals surface area contributed by atoms with Crippen LogP contribution in [0.15, 0.2) is 65.7 Å². The lowest BCUT2D eigenvalue weighted by Crippen LogP contribution is -2.47. The van der Waals surface area contributed by atoms with Crippen molar-refractivity contribution in [2.75, 3.05) is 11.9 Å². The molecule has 8 heteroatoms. The summed E-state index contributed by atoms with van der Waals surface area (Å²) < 4.78 is 27.0. The quantitative estimate of drug-likeness (QED) is 0.539. The topological polar surface area (TPSA) is 78.8 Å². The zero-order valence-electron chi connectivity index (χ0n) is 21.1. The van der Waals surface area contributed by atoms with E-state index in [0.717, 1.165) is 35.2 Å². The van der Waals surface area contributed by atoms with Crippen LogP contribution in [0, 0.1) is 17.6 Å². The first-order valence-corrected chi connectivity index (χ1v) is 12.6. The molecule has 1 aliphatic heterocycles. The number of para-hydroxylation sites is 1. The van der Waals surface area contributed by atoms with E-state index in [-0.39, 0.29) is 12.2 Å². The Bertz CT molecular complexity index is 1480. The molecule has 38 heavy (non-hydrogen) atoms. The summed E-state index contributed by atoms with van der Waals surface area (Å²) in [5, 5.41) is 2.76. The van der Waals surface area contributed by atoms with Crippen LogP contribution in [0.1, 0.15) is 52.4 Å². The third-order valence-electron chi connectivity index (χ3n) is 7.16. The molecule has 0 saturated carbocycles. The number of rotatable bonds is 5. The number of amides is 2. The summed E-state index contributed by atoms with van der Waals surface area (Å²) in [5.74, 6) is -3.34. The summed E-state index contributed by atoms with van der Waals surface area (Å²) in [7, 11) is 1.63. The normalized spacial score (nSPS) is 17.7. The molecule has 1 heterocycles. The predicted octanol–water partition coefficient (Wildman–Crippen LogP) is 4.62. The first kappa shape index (κ1) is 25.4. The van der Waals surface area contributed by atoms with Crippen molar-refractivity contribution < 1.29 is 23.2 Å². The number of Topliss-reactive ketones (excluding diaryl/α,β-unsaturated/α-hetero) is 1. The number of nitrogens with zero attached hydrogens (tertiary/aromatic N) is 2. The summed E-state index contributed by atoms with van der Waals surface area (Å²) in [6.45, 7) is 1.65. The van der Waals surface area contributed by atoms with Crippen LogP contribution in [-0.2, 0) is 22.4 Å². The van der Waals surface area contributed by atoms with E-state index in [1.807, 2.05) is 42.5 Å². The highest BCUT2D eigenvalue weighted by Gasteiger charge is 2.33. The molecule has 6 nitrogen and oxygen atoms in total. The van der Waals surface area contributed by atoms with E-state index in [1.165, 1.54) is 11.0 Å². The number of benzodiazepines with no additional fused rings is 1. The number of nitrogens with one attached hydrogen (secondary N) is 1. The molecule has 2 atom stereocenters. The molecule has 1 N–H and O–H groups in total. The molecular weight excluding hydrogens is 488 g/mol. The summed E-state index contributed by atoms with van der Waals surface area (Å²) in [4.78, 5) is 45.5. The zero-order chi connectivity index (χ0) is 27.0. The van der Waals surface area contributed by atoms with Gasteiger partial charge in [0.15, 0.2) is 17.4 Å². The standard InChI is InChI=1S/C30H27F2N3O3/c1-17(15-18-13-14-23(31)24(32)16-18)29(37)34-28-30(38)35(2)25-11-4-3-7-22(25)27(33-28)21-10-5-9-20-19(21)8-6-12-26(20)36/h3-5,7,9-11,13-14,16-17,28H,6,8,12,15H2,1-2H3,(H,34,37)/t17-,28?/m0/s1. The van der Waals surface area contributed by atoms with Crippen LogP contribution < -0.4 is 10.2 Å². The average molecular weight is 516 g/mol. The van der Waals surface area contributed by atoms with Crippen LogP contribution in [0.3, 0.4) is 0 Å². The van der Waals surface area contributed by atoms with E-state index >= 15 is 0 Å². The number of fused-ring (bicyclic) bond motifs is 2. The van der Waals surface area contributed by atoms with Gasteiger partial charge in [-0.2, -0.15) is 0 Å². The van der Waals surface area contributed by atoms with Crippen molar-refractivity contribution in [1.29, 1.82) is 0 Å². The molecule has 1 unspecified atom stereocenters. The molecule has 0 aromatic heterocycles. The summed E-state index contributed by atoms with van der Waals surface area (Å²) in [6, 6.07) is 16.4. The molecule has 2 aliphatic rings. The van der Waals surface area contributed by atoms with Crippen LogP contribution in [0.4, 0.5) is 14.5 Å². The Kier molecular flexibility index (Phi) is 6.89. The highest BCUT2D eigenvalue weighted by atomic mass is 19.2. The van der Waals surface area contributed by atoms with Gasteiger partial charge in [-0.1, -0.05) is 49.4 Å². The van der Waals surface area contributed by atoms with E-state index in [0.29, 0.717) is 35.4 Å². The van der Waals surface area contributed by atoms with E-state index in [9.17, 15) is 23.2 Å². The molecule has 0 radical (unpaired) electrons. The van der Waals surface area contributed by atoms with Gasteiger partial charge in [0.05, 0.1) is 11.4 Å². The van der Waals surface area contributed by atoms with Crippen molar-refractivity contribution in [3.63, 3.8) is 0 Å². The second-order valence-electron chi connectivity index (χ2n) is 9.77. The van der Waals surface area contributed by atoms with Crippen molar-refractivity contribution >= 4 is 29.0 Å². The Morgan fingerprint density at radius 1 is 1.00 bits per heavy atom. The molecule has 194 valence electrons. The number of ketones is 1. The fourth-order valence-corrected chi connectivity index (χ4v) is 5.12. The van der Waals surface area contributed by atoms with Gasteiger partial charge in [0, 0.05) is 36.1 Å². The van der Waals surface area contributed by atoms with Crippen molar-refractivity contribution in [1.82, 2.24) is 5.32 Å². The molecule has 0 fully saturated rings. The molecule has 1 aliphatic carbocycles. The third-order valence-corrected chi connectivity index (χ3v) is 7.16. The van der Waals surface area contributed by atoms with Crippen LogP contribution in [0.2, 0.25) is 0 Å². The van der Waals surface area contributed by atoms with E-state index in [2.05, 4.69) is 5.32 Å². The maximum atomic E-state index is 13.7. The third kappa shape index (κ3) is 4.74. The fraction of sp³-hybridized carbons (Fsp3) is 0.267. The average Bonchev–Trinajstić information content (AvgIpc) is 3.01. The van der Waals surface area contributed by atoms with Gasteiger partial charge < -0.3 is 10.2 Å². The zero-order valence-corrected chi connectivity index (χ0v) is 21.1. The summed E-state index contributed by atoms with van der Waals surface area (Å²) in [6.07, 6.45) is 0.889. The maximum Gasteiger partial charge on any atom is 0.272 e. The highest BCUT2D eigenvalue weighted by Crippen LogP contribution is 2.32. The van der Waals surface area contributed by atoms with Gasteiger partial charge in [0.2, 0.25) is 12.1 Å². The largest absolute Gasteiger partial charge is 0.326 e. The highest BCUT2D eigenvalue weighted by molar-refractivity contribution is 6.21. The first-order valence-electron chi connectivity index (χ1n) is 12.6. The second-order valence-corrected chi connectivity index (χ2v) is 9.77. The lowest BCUT2D eigenvalue weighted by Gasteiger charge is -2.22. The molecule has 0 spiro atoms. The number of hydrogen-bond donors (Lipinski definition) is 1. The summed E-state index contributed by atoms with van der Waals surface area (Å²) in [5.41, 5.74) is 4.69. The number of benzene rings is 3. The van der Waals surface area contributed by atoms with Gasteiger partial charge in [-0.05, 0) is 48.6 Å². The lowest BCUT2D eigenvalue weighted by atomic mass is 9.84. The Morgan fingerprint density at radius 2 is 1.74 bits per heavy atom. The Hall–Kier alpha value is -4.20. The van der Waals surface area contributed by atoms with Gasteiger partial charge in [-0.15, -0.1) is 0 Å². The van der Waals surface area contributed by atoms with Crippen LogP contribution >= 0.6 is 0 Å².